The van der Waals surface area contributed by atoms with Gasteiger partial charge in [-0.05, 0) is 25.3 Å². The number of benzene rings is 1. The maximum Gasteiger partial charge on any atom is 0.245 e. The first-order valence-corrected chi connectivity index (χ1v) is 9.44. The number of pyridine rings is 1. The van der Waals surface area contributed by atoms with Crippen molar-refractivity contribution < 1.29 is 9.53 Å². The van der Waals surface area contributed by atoms with E-state index in [0.717, 1.165) is 60.0 Å². The zero-order chi connectivity index (χ0) is 19.2. The molecule has 0 radical (unpaired) electrons. The highest BCUT2D eigenvalue weighted by Crippen LogP contribution is 2.29. The van der Waals surface area contributed by atoms with E-state index < -0.39 is 0 Å². The molecule has 7 nitrogen and oxygen atoms in total. The molecule has 0 fully saturated rings. The first-order valence-electron chi connectivity index (χ1n) is 9.44. The number of aryl methyl sites for hydroxylation is 2. The number of para-hydroxylation sites is 1. The van der Waals surface area contributed by atoms with Crippen LogP contribution in [0.1, 0.15) is 32.0 Å². The van der Waals surface area contributed by atoms with Crippen LogP contribution in [0, 0.1) is 0 Å². The molecule has 0 saturated heterocycles. The molecule has 0 aliphatic rings. The number of hydrogen-bond donors (Lipinski definition) is 2. The predicted molar refractivity (Wildman–Crippen MR) is 108 cm³/mol. The van der Waals surface area contributed by atoms with Crippen molar-refractivity contribution in [2.45, 2.75) is 39.2 Å². The lowest BCUT2D eigenvalue weighted by Crippen LogP contribution is -2.28. The molecule has 0 unspecified atom stereocenters. The lowest BCUT2D eigenvalue weighted by molar-refractivity contribution is -0.124. The Hall–Kier alpha value is -2.67. The number of nitrogens with one attached hydrogen (secondary N) is 1. The standard InChI is InChI=1S/C20H27N5O2/c1-3-8-16-24-18-19(14-9-4-5-10-15(14)23-20(18)21)25(16)12-7-6-11-22-17(26)13-27-2/h4-5,9-10H,3,6-8,11-13H2,1-2H3,(H2,21,23)(H,22,26). The summed E-state index contributed by atoms with van der Waals surface area (Å²) in [6.45, 7) is 3.72. The lowest BCUT2D eigenvalue weighted by Gasteiger charge is -2.11. The normalized spacial score (nSPS) is 11.3. The van der Waals surface area contributed by atoms with Crippen LogP contribution in [-0.4, -0.2) is 40.7 Å². The first-order chi connectivity index (χ1) is 13.2. The summed E-state index contributed by atoms with van der Waals surface area (Å²) in [6, 6.07) is 8.04. The fraction of sp³-hybridized carbons (Fsp3) is 0.450. The fourth-order valence-corrected chi connectivity index (χ4v) is 3.37. The Kier molecular flexibility index (Phi) is 6.24. The number of hydrogen-bond acceptors (Lipinski definition) is 5. The van der Waals surface area contributed by atoms with E-state index in [1.54, 1.807) is 0 Å². The van der Waals surface area contributed by atoms with Gasteiger partial charge in [-0.25, -0.2) is 9.97 Å². The Morgan fingerprint density at radius 1 is 1.26 bits per heavy atom. The van der Waals surface area contributed by atoms with Gasteiger partial charge in [0.2, 0.25) is 5.91 Å². The molecule has 0 aliphatic heterocycles. The monoisotopic (exact) mass is 369 g/mol. The van der Waals surface area contributed by atoms with E-state index in [4.69, 9.17) is 15.5 Å². The molecule has 1 amide bonds. The summed E-state index contributed by atoms with van der Waals surface area (Å²) in [5.41, 5.74) is 8.92. The Balaban J connectivity index is 1.84. The minimum absolute atomic E-state index is 0.0814. The Labute approximate surface area is 158 Å². The smallest absolute Gasteiger partial charge is 0.245 e. The molecule has 3 rings (SSSR count). The van der Waals surface area contributed by atoms with Crippen LogP contribution >= 0.6 is 0 Å². The molecule has 144 valence electrons. The second kappa shape index (κ2) is 8.81. The Morgan fingerprint density at radius 2 is 2.07 bits per heavy atom. The minimum atomic E-state index is -0.0814. The molecule has 1 aromatic carbocycles. The maximum absolute atomic E-state index is 11.5. The molecule has 3 aromatic rings. The van der Waals surface area contributed by atoms with Crippen LogP contribution < -0.4 is 11.1 Å². The van der Waals surface area contributed by atoms with Crippen molar-refractivity contribution in [3.63, 3.8) is 0 Å². The molecular weight excluding hydrogens is 342 g/mol. The molecule has 2 heterocycles. The highest BCUT2D eigenvalue weighted by molar-refractivity contribution is 6.06. The number of rotatable bonds is 9. The van der Waals surface area contributed by atoms with Crippen molar-refractivity contribution >= 4 is 33.7 Å². The predicted octanol–water partition coefficient (Wildman–Crippen LogP) is 2.66. The summed E-state index contributed by atoms with van der Waals surface area (Å²) >= 11 is 0. The Morgan fingerprint density at radius 3 is 2.85 bits per heavy atom. The number of carbonyl (C=O) groups is 1. The van der Waals surface area contributed by atoms with Crippen LogP contribution in [0.25, 0.3) is 21.9 Å². The van der Waals surface area contributed by atoms with E-state index in [0.29, 0.717) is 12.4 Å². The van der Waals surface area contributed by atoms with Crippen LogP contribution in [0.2, 0.25) is 0 Å². The molecule has 27 heavy (non-hydrogen) atoms. The number of carbonyl (C=O) groups excluding carboxylic acids is 1. The molecule has 0 atom stereocenters. The number of methoxy groups -OCH3 is 1. The average Bonchev–Trinajstić information content (AvgIpc) is 3.01. The van der Waals surface area contributed by atoms with E-state index in [9.17, 15) is 4.79 Å². The number of nitrogens with zero attached hydrogens (tertiary/aromatic N) is 3. The lowest BCUT2D eigenvalue weighted by atomic mass is 10.2. The molecule has 0 spiro atoms. The number of unbranched alkanes of at least 4 members (excludes halogenated alkanes) is 1. The SMILES string of the molecule is CCCc1nc2c(N)nc3ccccc3c2n1CCCCNC(=O)COC. The molecule has 0 bridgehead atoms. The maximum atomic E-state index is 11.5. The number of aromatic nitrogens is 3. The highest BCUT2D eigenvalue weighted by Gasteiger charge is 2.16. The number of ether oxygens (including phenoxy) is 1. The molecular formula is C20H27N5O2. The van der Waals surface area contributed by atoms with Crippen molar-refractivity contribution in [2.24, 2.45) is 0 Å². The average molecular weight is 369 g/mol. The van der Waals surface area contributed by atoms with Gasteiger partial charge in [-0.15, -0.1) is 0 Å². The van der Waals surface area contributed by atoms with Crippen molar-refractivity contribution in [1.82, 2.24) is 19.9 Å². The van der Waals surface area contributed by atoms with Gasteiger partial charge in [0, 0.05) is 32.0 Å². The minimum Gasteiger partial charge on any atom is -0.382 e. The first kappa shape index (κ1) is 19.1. The summed E-state index contributed by atoms with van der Waals surface area (Å²) in [5, 5.41) is 3.93. The topological polar surface area (TPSA) is 95.1 Å². The van der Waals surface area contributed by atoms with Crippen molar-refractivity contribution in [1.29, 1.82) is 0 Å². The van der Waals surface area contributed by atoms with Crippen LogP contribution in [0.4, 0.5) is 5.82 Å². The summed E-state index contributed by atoms with van der Waals surface area (Å²) in [4.78, 5) is 20.8. The number of amides is 1. The van der Waals surface area contributed by atoms with Gasteiger partial charge in [-0.2, -0.15) is 0 Å². The quantitative estimate of drug-likeness (QED) is 0.566. The molecule has 0 aliphatic carbocycles. The van der Waals surface area contributed by atoms with Crippen LogP contribution in [0.15, 0.2) is 24.3 Å². The third kappa shape index (κ3) is 4.19. The number of anilines is 1. The van der Waals surface area contributed by atoms with Crippen molar-refractivity contribution in [3.8, 4) is 0 Å². The molecule has 7 heteroatoms. The summed E-state index contributed by atoms with van der Waals surface area (Å²) < 4.78 is 7.09. The van der Waals surface area contributed by atoms with E-state index in [-0.39, 0.29) is 12.5 Å². The van der Waals surface area contributed by atoms with Gasteiger partial charge in [-0.1, -0.05) is 25.1 Å². The largest absolute Gasteiger partial charge is 0.382 e. The number of imidazole rings is 1. The van der Waals surface area contributed by atoms with Crippen LogP contribution in [0.5, 0.6) is 0 Å². The van der Waals surface area contributed by atoms with E-state index >= 15 is 0 Å². The zero-order valence-corrected chi connectivity index (χ0v) is 16.0. The van der Waals surface area contributed by atoms with E-state index in [2.05, 4.69) is 27.9 Å². The third-order valence-electron chi connectivity index (χ3n) is 4.57. The van der Waals surface area contributed by atoms with Crippen molar-refractivity contribution in [3.05, 3.63) is 30.1 Å². The second-order valence-corrected chi connectivity index (χ2v) is 6.63. The van der Waals surface area contributed by atoms with Gasteiger partial charge < -0.3 is 20.4 Å². The highest BCUT2D eigenvalue weighted by atomic mass is 16.5. The molecule has 3 N–H and O–H groups in total. The second-order valence-electron chi connectivity index (χ2n) is 6.63. The number of fused-ring (bicyclic) bond motifs is 3. The zero-order valence-electron chi connectivity index (χ0n) is 16.0. The van der Waals surface area contributed by atoms with Crippen LogP contribution in [-0.2, 0) is 22.5 Å². The van der Waals surface area contributed by atoms with Gasteiger partial charge in [0.05, 0.1) is 11.0 Å². The van der Waals surface area contributed by atoms with Gasteiger partial charge in [0.25, 0.3) is 0 Å². The summed E-state index contributed by atoms with van der Waals surface area (Å²) in [7, 11) is 1.52. The van der Waals surface area contributed by atoms with Gasteiger partial charge in [0.15, 0.2) is 5.82 Å². The van der Waals surface area contributed by atoms with Gasteiger partial charge in [0.1, 0.15) is 17.9 Å². The molecule has 2 aromatic heterocycles. The Bertz CT molecular complexity index is 935. The number of nitrogen functional groups attached to an aromatic ring is 1. The van der Waals surface area contributed by atoms with Gasteiger partial charge >= 0.3 is 0 Å². The summed E-state index contributed by atoms with van der Waals surface area (Å²) in [5.74, 6) is 1.44. The van der Waals surface area contributed by atoms with Crippen molar-refractivity contribution in [2.75, 3.05) is 26.0 Å². The third-order valence-corrected chi connectivity index (χ3v) is 4.57. The van der Waals surface area contributed by atoms with E-state index in [1.165, 1.54) is 7.11 Å². The van der Waals surface area contributed by atoms with E-state index in [1.807, 2.05) is 18.2 Å². The van der Waals surface area contributed by atoms with Gasteiger partial charge in [-0.3, -0.25) is 4.79 Å². The number of nitrogens with two attached hydrogens (primary N) is 1. The fourth-order valence-electron chi connectivity index (χ4n) is 3.37. The molecule has 0 saturated carbocycles. The van der Waals surface area contributed by atoms with Crippen LogP contribution in [0.3, 0.4) is 0 Å². The summed E-state index contributed by atoms with van der Waals surface area (Å²) in [6.07, 6.45) is 3.74.